The van der Waals surface area contributed by atoms with E-state index in [1.165, 1.54) is 24.3 Å². The quantitative estimate of drug-likeness (QED) is 0.228. The van der Waals surface area contributed by atoms with Gasteiger partial charge in [-0.3, -0.25) is 4.79 Å². The SMILES string of the molecule is CCN(CC)C(=O)/C=C(/C)c1ccc(OCc2c(F)c(F)c(F)c(F)c2F)c(OCC(=O)O)c1. The number of hydrogen-bond donors (Lipinski definition) is 1. The molecule has 0 aliphatic carbocycles. The Morgan fingerprint density at radius 1 is 0.912 bits per heavy atom. The highest BCUT2D eigenvalue weighted by Gasteiger charge is 2.26. The zero-order chi connectivity index (χ0) is 25.6. The van der Waals surface area contributed by atoms with Gasteiger partial charge in [-0.2, -0.15) is 0 Å². The van der Waals surface area contributed by atoms with Crippen molar-refractivity contribution in [2.75, 3.05) is 19.7 Å². The predicted molar refractivity (Wildman–Crippen MR) is 112 cm³/mol. The van der Waals surface area contributed by atoms with Crippen molar-refractivity contribution in [3.05, 3.63) is 64.5 Å². The van der Waals surface area contributed by atoms with Crippen molar-refractivity contribution < 1.29 is 46.1 Å². The summed E-state index contributed by atoms with van der Waals surface area (Å²) in [5, 5.41) is 8.90. The summed E-state index contributed by atoms with van der Waals surface area (Å²) >= 11 is 0. The van der Waals surface area contributed by atoms with E-state index in [2.05, 4.69) is 0 Å². The molecule has 0 spiro atoms. The van der Waals surface area contributed by atoms with Crippen LogP contribution in [0.4, 0.5) is 22.0 Å². The van der Waals surface area contributed by atoms with E-state index in [-0.39, 0.29) is 17.4 Å². The molecule has 0 radical (unpaired) electrons. The minimum atomic E-state index is -2.30. The molecule has 0 aliphatic heterocycles. The fourth-order valence-electron chi connectivity index (χ4n) is 2.95. The lowest BCUT2D eigenvalue weighted by Gasteiger charge is -2.17. The van der Waals surface area contributed by atoms with Crippen molar-refractivity contribution in [2.45, 2.75) is 27.4 Å². The summed E-state index contributed by atoms with van der Waals surface area (Å²) in [6, 6.07) is 4.05. The number of carboxylic acid groups (broad SMARTS) is 1. The van der Waals surface area contributed by atoms with Gasteiger partial charge >= 0.3 is 5.97 Å². The number of likely N-dealkylation sites (N-methyl/N-ethyl adjacent to an activating group) is 1. The molecule has 11 heteroatoms. The van der Waals surface area contributed by atoms with E-state index >= 15 is 0 Å². The van der Waals surface area contributed by atoms with Gasteiger partial charge in [0.1, 0.15) is 6.61 Å². The van der Waals surface area contributed by atoms with Crippen LogP contribution in [0.5, 0.6) is 11.5 Å². The van der Waals surface area contributed by atoms with Crippen LogP contribution >= 0.6 is 0 Å². The number of amides is 1. The van der Waals surface area contributed by atoms with Crippen LogP contribution in [-0.2, 0) is 16.2 Å². The number of carboxylic acids is 1. The number of benzene rings is 2. The Balaban J connectivity index is 2.38. The van der Waals surface area contributed by atoms with Crippen LogP contribution in [0, 0.1) is 29.1 Å². The third kappa shape index (κ3) is 6.03. The topological polar surface area (TPSA) is 76.1 Å². The fraction of sp³-hybridized carbons (Fsp3) is 0.304. The van der Waals surface area contributed by atoms with Gasteiger partial charge in [0.2, 0.25) is 11.7 Å². The Labute approximate surface area is 192 Å². The first-order valence-electron chi connectivity index (χ1n) is 10.1. The Morgan fingerprint density at radius 3 is 2.00 bits per heavy atom. The molecule has 0 heterocycles. The summed E-state index contributed by atoms with van der Waals surface area (Å²) in [6.07, 6.45) is 1.37. The van der Waals surface area contributed by atoms with Gasteiger partial charge in [0.25, 0.3) is 0 Å². The van der Waals surface area contributed by atoms with Gasteiger partial charge < -0.3 is 19.5 Å². The second-order valence-electron chi connectivity index (χ2n) is 7.02. The monoisotopic (exact) mass is 487 g/mol. The molecular formula is C23H22F5NO5. The van der Waals surface area contributed by atoms with E-state index in [1.54, 1.807) is 11.8 Å². The Morgan fingerprint density at radius 2 is 1.47 bits per heavy atom. The number of halogens is 5. The summed E-state index contributed by atoms with van der Waals surface area (Å²) in [5.41, 5.74) is -0.251. The normalized spacial score (nSPS) is 11.4. The summed E-state index contributed by atoms with van der Waals surface area (Å²) in [7, 11) is 0. The predicted octanol–water partition coefficient (Wildman–Crippen LogP) is 4.70. The summed E-state index contributed by atoms with van der Waals surface area (Å²) in [5.74, 6) is -12.6. The van der Waals surface area contributed by atoms with E-state index in [0.29, 0.717) is 24.2 Å². The van der Waals surface area contributed by atoms with Gasteiger partial charge in [0, 0.05) is 19.2 Å². The van der Waals surface area contributed by atoms with Gasteiger partial charge in [0.05, 0.1) is 5.56 Å². The summed E-state index contributed by atoms with van der Waals surface area (Å²) in [6.45, 7) is 4.41. The maximum absolute atomic E-state index is 13.9. The number of rotatable bonds is 10. The van der Waals surface area contributed by atoms with Crippen molar-refractivity contribution in [3.8, 4) is 11.5 Å². The van der Waals surface area contributed by atoms with Crippen molar-refractivity contribution >= 4 is 17.4 Å². The number of hydrogen-bond acceptors (Lipinski definition) is 4. The van der Waals surface area contributed by atoms with Crippen LogP contribution < -0.4 is 9.47 Å². The van der Waals surface area contributed by atoms with E-state index in [1.807, 2.05) is 13.8 Å². The molecule has 0 bridgehead atoms. The largest absolute Gasteiger partial charge is 0.485 e. The number of ether oxygens (including phenoxy) is 2. The van der Waals surface area contributed by atoms with Crippen LogP contribution in [-0.4, -0.2) is 41.6 Å². The Hall–Kier alpha value is -3.63. The second-order valence-corrected chi connectivity index (χ2v) is 7.02. The number of carbonyl (C=O) groups excluding carboxylic acids is 1. The molecule has 0 unspecified atom stereocenters. The van der Waals surface area contributed by atoms with Crippen LogP contribution in [0.3, 0.4) is 0 Å². The molecule has 2 aromatic rings. The molecule has 1 N–H and O–H groups in total. The van der Waals surface area contributed by atoms with Gasteiger partial charge in [-0.15, -0.1) is 0 Å². The maximum Gasteiger partial charge on any atom is 0.341 e. The smallest absolute Gasteiger partial charge is 0.341 e. The van der Waals surface area contributed by atoms with E-state index in [4.69, 9.17) is 14.6 Å². The molecule has 0 saturated carbocycles. The van der Waals surface area contributed by atoms with E-state index in [0.717, 1.165) is 0 Å². The molecule has 0 fully saturated rings. The number of nitrogens with zero attached hydrogens (tertiary/aromatic N) is 1. The van der Waals surface area contributed by atoms with E-state index in [9.17, 15) is 31.5 Å². The molecule has 2 aromatic carbocycles. The van der Waals surface area contributed by atoms with Gasteiger partial charge in [-0.1, -0.05) is 6.07 Å². The van der Waals surface area contributed by atoms with Gasteiger partial charge in [0.15, 0.2) is 41.4 Å². The van der Waals surface area contributed by atoms with Crippen LogP contribution in [0.2, 0.25) is 0 Å². The summed E-state index contributed by atoms with van der Waals surface area (Å²) in [4.78, 5) is 24.8. The molecule has 1 amide bonds. The third-order valence-electron chi connectivity index (χ3n) is 4.84. The lowest BCUT2D eigenvalue weighted by Crippen LogP contribution is -2.28. The minimum absolute atomic E-state index is 0.174. The average molecular weight is 487 g/mol. The van der Waals surface area contributed by atoms with Gasteiger partial charge in [-0.05, 0) is 44.0 Å². The second kappa shape index (κ2) is 11.5. The minimum Gasteiger partial charge on any atom is -0.485 e. The molecule has 0 aromatic heterocycles. The lowest BCUT2D eigenvalue weighted by atomic mass is 10.1. The highest BCUT2D eigenvalue weighted by Crippen LogP contribution is 2.33. The first-order chi connectivity index (χ1) is 16.0. The van der Waals surface area contributed by atoms with Crippen molar-refractivity contribution in [1.82, 2.24) is 4.90 Å². The van der Waals surface area contributed by atoms with Crippen LogP contribution in [0.15, 0.2) is 24.3 Å². The van der Waals surface area contributed by atoms with Crippen molar-refractivity contribution in [1.29, 1.82) is 0 Å². The molecule has 184 valence electrons. The third-order valence-corrected chi connectivity index (χ3v) is 4.84. The highest BCUT2D eigenvalue weighted by atomic mass is 19.2. The zero-order valence-corrected chi connectivity index (χ0v) is 18.6. The molecule has 0 aliphatic rings. The maximum atomic E-state index is 13.9. The first-order valence-corrected chi connectivity index (χ1v) is 10.1. The standard InChI is InChI=1S/C23H22F5NO5/c1-4-29(5-2)17(30)8-12(3)13-6-7-15(16(9-13)34-11-18(31)32)33-10-14-19(24)21(26)23(28)22(27)20(14)25/h6-9H,4-5,10-11H2,1-3H3,(H,31,32)/b12-8-. The van der Waals surface area contributed by atoms with Crippen molar-refractivity contribution in [3.63, 3.8) is 0 Å². The summed E-state index contributed by atoms with van der Waals surface area (Å²) < 4.78 is 78.3. The first kappa shape index (κ1) is 26.6. The molecule has 0 saturated heterocycles. The Bertz CT molecular complexity index is 1090. The molecular weight excluding hydrogens is 465 g/mol. The Kier molecular flexibility index (Phi) is 8.99. The van der Waals surface area contributed by atoms with Gasteiger partial charge in [-0.25, -0.2) is 26.7 Å². The van der Waals surface area contributed by atoms with Crippen LogP contribution in [0.1, 0.15) is 31.9 Å². The molecule has 0 atom stereocenters. The molecule has 34 heavy (non-hydrogen) atoms. The van der Waals surface area contributed by atoms with E-state index < -0.39 is 53.8 Å². The fourth-order valence-corrected chi connectivity index (χ4v) is 2.95. The molecule has 2 rings (SSSR count). The number of allylic oxidation sites excluding steroid dienone is 1. The van der Waals surface area contributed by atoms with Crippen LogP contribution in [0.25, 0.3) is 5.57 Å². The number of carbonyl (C=O) groups is 2. The van der Waals surface area contributed by atoms with Crippen molar-refractivity contribution in [2.24, 2.45) is 0 Å². The average Bonchev–Trinajstić information content (AvgIpc) is 2.81. The lowest BCUT2D eigenvalue weighted by molar-refractivity contribution is -0.139. The highest BCUT2D eigenvalue weighted by molar-refractivity contribution is 5.95. The number of aliphatic carboxylic acids is 1. The zero-order valence-electron chi connectivity index (χ0n) is 18.6. The molecule has 6 nitrogen and oxygen atoms in total.